The third kappa shape index (κ3) is 4.23. The molecular formula is C16H17Cl2N3O3S. The Morgan fingerprint density at radius 1 is 1.28 bits per heavy atom. The Morgan fingerprint density at radius 3 is 2.84 bits per heavy atom. The maximum Gasteiger partial charge on any atom is 0.244 e. The summed E-state index contributed by atoms with van der Waals surface area (Å²) in [7, 11) is -3.74. The molecule has 1 unspecified atom stereocenters. The van der Waals surface area contributed by atoms with Crippen molar-refractivity contribution in [2.24, 2.45) is 0 Å². The van der Waals surface area contributed by atoms with Crippen LogP contribution < -0.4 is 4.74 Å². The largest absolute Gasteiger partial charge is 0.473 e. The number of rotatable bonds is 4. The molecule has 1 aromatic carbocycles. The number of piperidine rings is 1. The van der Waals surface area contributed by atoms with Gasteiger partial charge in [0.2, 0.25) is 15.9 Å². The van der Waals surface area contributed by atoms with E-state index in [4.69, 9.17) is 27.9 Å². The number of benzene rings is 1. The predicted octanol–water partition coefficient (Wildman–Crippen LogP) is 3.32. The Bertz CT molecular complexity index is 877. The molecule has 0 saturated carbocycles. The van der Waals surface area contributed by atoms with Gasteiger partial charge in [0.15, 0.2) is 0 Å². The second kappa shape index (κ2) is 7.45. The van der Waals surface area contributed by atoms with Crippen molar-refractivity contribution in [3.8, 4) is 5.88 Å². The van der Waals surface area contributed by atoms with Crippen molar-refractivity contribution in [3.05, 3.63) is 46.3 Å². The zero-order valence-corrected chi connectivity index (χ0v) is 15.9. The third-order valence-electron chi connectivity index (χ3n) is 3.89. The molecule has 3 rings (SSSR count). The molecule has 0 amide bonds. The summed E-state index contributed by atoms with van der Waals surface area (Å²) in [5.74, 6) is 1.04. The van der Waals surface area contributed by atoms with Gasteiger partial charge in [-0.2, -0.15) is 9.29 Å². The second-order valence-corrected chi connectivity index (χ2v) is 8.51. The molecule has 2 aromatic rings. The topological polar surface area (TPSA) is 72.4 Å². The summed E-state index contributed by atoms with van der Waals surface area (Å²) in [6.07, 6.45) is 2.77. The van der Waals surface area contributed by atoms with E-state index < -0.39 is 10.0 Å². The van der Waals surface area contributed by atoms with E-state index in [1.807, 2.05) is 0 Å². The van der Waals surface area contributed by atoms with Crippen LogP contribution in [-0.4, -0.2) is 41.9 Å². The van der Waals surface area contributed by atoms with Gasteiger partial charge in [-0.25, -0.2) is 13.4 Å². The maximum atomic E-state index is 12.9. The predicted molar refractivity (Wildman–Crippen MR) is 95.6 cm³/mol. The van der Waals surface area contributed by atoms with Gasteiger partial charge in [-0.3, -0.25) is 0 Å². The maximum absolute atomic E-state index is 12.9. The Hall–Kier alpha value is -1.41. The highest BCUT2D eigenvalue weighted by molar-refractivity contribution is 7.89. The SMILES string of the molecule is Cc1nccc(OC2CCCN(S(=O)(=O)c3cc(Cl)ccc3Cl)C2)n1. The molecule has 1 atom stereocenters. The lowest BCUT2D eigenvalue weighted by molar-refractivity contribution is 0.124. The normalized spacial score (nSPS) is 18.9. The highest BCUT2D eigenvalue weighted by atomic mass is 35.5. The molecule has 2 heterocycles. The second-order valence-electron chi connectivity index (χ2n) is 5.76. The summed E-state index contributed by atoms with van der Waals surface area (Å²) in [5.41, 5.74) is 0. The molecule has 0 N–H and O–H groups in total. The standard InChI is InChI=1S/C16H17Cl2N3O3S/c1-11-19-7-6-16(20-11)24-13-3-2-8-21(10-13)25(22,23)15-9-12(17)4-5-14(15)18/h4-7,9,13H,2-3,8,10H2,1H3. The number of hydrogen-bond donors (Lipinski definition) is 0. The van der Waals surface area contributed by atoms with Gasteiger partial charge in [0, 0.05) is 23.8 Å². The van der Waals surface area contributed by atoms with E-state index >= 15 is 0 Å². The quantitative estimate of drug-likeness (QED) is 0.785. The van der Waals surface area contributed by atoms with Crippen molar-refractivity contribution in [1.29, 1.82) is 0 Å². The van der Waals surface area contributed by atoms with Gasteiger partial charge in [0.25, 0.3) is 0 Å². The summed E-state index contributed by atoms with van der Waals surface area (Å²) < 4.78 is 33.0. The van der Waals surface area contributed by atoms with Crippen molar-refractivity contribution in [3.63, 3.8) is 0 Å². The molecule has 9 heteroatoms. The van der Waals surface area contributed by atoms with Crippen LogP contribution in [0.5, 0.6) is 5.88 Å². The fourth-order valence-electron chi connectivity index (χ4n) is 2.70. The van der Waals surface area contributed by atoms with Crippen LogP contribution in [0.15, 0.2) is 35.4 Å². The summed E-state index contributed by atoms with van der Waals surface area (Å²) in [6, 6.07) is 6.08. The van der Waals surface area contributed by atoms with Gasteiger partial charge in [0.1, 0.15) is 16.8 Å². The van der Waals surface area contributed by atoms with E-state index in [1.54, 1.807) is 25.3 Å². The fourth-order valence-corrected chi connectivity index (χ4v) is 4.95. The minimum Gasteiger partial charge on any atom is -0.473 e. The number of sulfonamides is 1. The number of ether oxygens (including phenoxy) is 1. The van der Waals surface area contributed by atoms with Crippen LogP contribution >= 0.6 is 23.2 Å². The Kier molecular flexibility index (Phi) is 5.48. The molecule has 1 aliphatic rings. The van der Waals surface area contributed by atoms with Crippen molar-refractivity contribution in [2.45, 2.75) is 30.8 Å². The van der Waals surface area contributed by atoms with E-state index in [0.717, 1.165) is 6.42 Å². The van der Waals surface area contributed by atoms with Crippen LogP contribution in [0.25, 0.3) is 0 Å². The molecule has 0 bridgehead atoms. The zero-order chi connectivity index (χ0) is 18.0. The van der Waals surface area contributed by atoms with E-state index in [2.05, 4.69) is 9.97 Å². The third-order valence-corrected chi connectivity index (χ3v) is 6.47. The minimum atomic E-state index is -3.74. The lowest BCUT2D eigenvalue weighted by Crippen LogP contribution is -2.44. The van der Waals surface area contributed by atoms with E-state index in [-0.39, 0.29) is 22.6 Å². The molecule has 1 saturated heterocycles. The van der Waals surface area contributed by atoms with Gasteiger partial charge in [-0.05, 0) is 38.0 Å². The van der Waals surface area contributed by atoms with E-state index in [1.165, 1.54) is 16.4 Å². The zero-order valence-electron chi connectivity index (χ0n) is 13.5. The number of aryl methyl sites for hydroxylation is 1. The van der Waals surface area contributed by atoms with Gasteiger partial charge < -0.3 is 4.74 Å². The molecule has 1 aliphatic heterocycles. The Balaban J connectivity index is 1.79. The number of halogens is 2. The monoisotopic (exact) mass is 401 g/mol. The van der Waals surface area contributed by atoms with Crippen LogP contribution in [-0.2, 0) is 10.0 Å². The van der Waals surface area contributed by atoms with Crippen LogP contribution in [0.1, 0.15) is 18.7 Å². The number of aromatic nitrogens is 2. The van der Waals surface area contributed by atoms with Crippen molar-refractivity contribution < 1.29 is 13.2 Å². The molecule has 25 heavy (non-hydrogen) atoms. The van der Waals surface area contributed by atoms with Crippen LogP contribution in [0.2, 0.25) is 10.0 Å². The van der Waals surface area contributed by atoms with Crippen molar-refractivity contribution in [2.75, 3.05) is 13.1 Å². The lowest BCUT2D eigenvalue weighted by Gasteiger charge is -2.32. The highest BCUT2D eigenvalue weighted by Crippen LogP contribution is 2.29. The van der Waals surface area contributed by atoms with E-state index in [0.29, 0.717) is 29.7 Å². The first-order valence-corrected chi connectivity index (χ1v) is 9.97. The molecule has 0 radical (unpaired) electrons. The Morgan fingerprint density at radius 2 is 2.08 bits per heavy atom. The average molecular weight is 402 g/mol. The smallest absolute Gasteiger partial charge is 0.244 e. The molecule has 134 valence electrons. The van der Waals surface area contributed by atoms with Gasteiger partial charge in [-0.1, -0.05) is 23.2 Å². The molecule has 0 spiro atoms. The molecule has 1 fully saturated rings. The van der Waals surface area contributed by atoms with Crippen molar-refractivity contribution in [1.82, 2.24) is 14.3 Å². The summed E-state index contributed by atoms with van der Waals surface area (Å²) in [4.78, 5) is 8.23. The lowest BCUT2D eigenvalue weighted by atomic mass is 10.1. The highest BCUT2D eigenvalue weighted by Gasteiger charge is 2.32. The molecule has 0 aliphatic carbocycles. The van der Waals surface area contributed by atoms with Crippen LogP contribution in [0, 0.1) is 6.92 Å². The first kappa shape index (κ1) is 18.4. The first-order chi connectivity index (χ1) is 11.9. The van der Waals surface area contributed by atoms with Crippen LogP contribution in [0.3, 0.4) is 0 Å². The van der Waals surface area contributed by atoms with Crippen molar-refractivity contribution >= 4 is 33.2 Å². The van der Waals surface area contributed by atoms with Crippen LogP contribution in [0.4, 0.5) is 0 Å². The fraction of sp³-hybridized carbons (Fsp3) is 0.375. The molecule has 6 nitrogen and oxygen atoms in total. The van der Waals surface area contributed by atoms with Gasteiger partial charge in [-0.15, -0.1) is 0 Å². The number of nitrogens with zero attached hydrogens (tertiary/aromatic N) is 3. The van der Waals surface area contributed by atoms with Gasteiger partial charge >= 0.3 is 0 Å². The van der Waals surface area contributed by atoms with Gasteiger partial charge in [0.05, 0.1) is 11.6 Å². The average Bonchev–Trinajstić information content (AvgIpc) is 2.57. The summed E-state index contributed by atoms with van der Waals surface area (Å²) in [6.45, 7) is 2.41. The molecule has 1 aromatic heterocycles. The summed E-state index contributed by atoms with van der Waals surface area (Å²) >= 11 is 12.0. The number of hydrogen-bond acceptors (Lipinski definition) is 5. The Labute approximate surface area is 156 Å². The minimum absolute atomic E-state index is 0.0141. The first-order valence-electron chi connectivity index (χ1n) is 7.78. The molecular weight excluding hydrogens is 385 g/mol. The summed E-state index contributed by atoms with van der Waals surface area (Å²) in [5, 5.41) is 0.475. The van der Waals surface area contributed by atoms with E-state index in [9.17, 15) is 8.42 Å².